The minimum atomic E-state index is -3.80. The van der Waals surface area contributed by atoms with E-state index in [1.165, 1.54) is 16.9 Å². The quantitative estimate of drug-likeness (QED) is 0.797. The summed E-state index contributed by atoms with van der Waals surface area (Å²) in [5.41, 5.74) is 0.403. The maximum absolute atomic E-state index is 13.6. The molecule has 0 fully saturated rings. The van der Waals surface area contributed by atoms with Crippen LogP contribution in [0, 0.1) is 5.82 Å². The second-order valence-corrected chi connectivity index (χ2v) is 7.03. The minimum absolute atomic E-state index is 0.110. The van der Waals surface area contributed by atoms with Crippen LogP contribution >= 0.6 is 26.6 Å². The van der Waals surface area contributed by atoms with Crippen molar-refractivity contribution in [3.63, 3.8) is 0 Å². The van der Waals surface area contributed by atoms with Crippen molar-refractivity contribution in [2.24, 2.45) is 0 Å². The van der Waals surface area contributed by atoms with E-state index in [0.29, 0.717) is 10.0 Å². The molecule has 0 spiro atoms. The molecule has 0 aliphatic rings. The van der Waals surface area contributed by atoms with Crippen LogP contribution in [0.3, 0.4) is 0 Å². The van der Waals surface area contributed by atoms with Crippen LogP contribution in [0.2, 0.25) is 0 Å². The van der Waals surface area contributed by atoms with Gasteiger partial charge in [0.1, 0.15) is 10.7 Å². The summed E-state index contributed by atoms with van der Waals surface area (Å²) in [6.45, 7) is 0.130. The molecular formula is C10H7BrClFN2O2S. The Balaban J connectivity index is 2.27. The second-order valence-electron chi connectivity index (χ2n) is 3.55. The Morgan fingerprint density at radius 2 is 2.17 bits per heavy atom. The molecule has 0 unspecified atom stereocenters. The lowest BCUT2D eigenvalue weighted by Gasteiger charge is -2.03. The minimum Gasteiger partial charge on any atom is -0.267 e. The predicted molar refractivity (Wildman–Crippen MR) is 68.5 cm³/mol. The summed E-state index contributed by atoms with van der Waals surface area (Å²) in [4.78, 5) is -0.110. The molecule has 1 aromatic heterocycles. The van der Waals surface area contributed by atoms with Gasteiger partial charge in [0.25, 0.3) is 9.05 Å². The first-order valence-electron chi connectivity index (χ1n) is 4.77. The lowest BCUT2D eigenvalue weighted by molar-refractivity contribution is 0.584. The average Bonchev–Trinajstić information content (AvgIpc) is 2.70. The molecule has 0 saturated heterocycles. The lowest BCUT2D eigenvalue weighted by atomic mass is 10.2. The van der Waals surface area contributed by atoms with Crippen molar-refractivity contribution in [2.45, 2.75) is 11.4 Å². The summed E-state index contributed by atoms with van der Waals surface area (Å²) < 4.78 is 37.6. The first-order valence-corrected chi connectivity index (χ1v) is 7.87. The molecule has 1 heterocycles. The molecule has 8 heteroatoms. The topological polar surface area (TPSA) is 52.0 Å². The van der Waals surface area contributed by atoms with Gasteiger partial charge in [0.2, 0.25) is 0 Å². The maximum atomic E-state index is 13.6. The van der Waals surface area contributed by atoms with Crippen LogP contribution in [0.4, 0.5) is 4.39 Å². The smallest absolute Gasteiger partial charge is 0.264 e. The number of nitrogens with zero attached hydrogens (tertiary/aromatic N) is 2. The fraction of sp³-hybridized carbons (Fsp3) is 0.100. The zero-order chi connectivity index (χ0) is 13.3. The van der Waals surface area contributed by atoms with Gasteiger partial charge in [-0.1, -0.05) is 22.0 Å². The molecule has 18 heavy (non-hydrogen) atoms. The summed E-state index contributed by atoms with van der Waals surface area (Å²) in [6, 6.07) is 4.62. The summed E-state index contributed by atoms with van der Waals surface area (Å²) >= 11 is 3.15. The molecule has 2 rings (SSSR count). The third kappa shape index (κ3) is 3.09. The van der Waals surface area contributed by atoms with E-state index in [0.717, 1.165) is 6.20 Å². The van der Waals surface area contributed by atoms with Crippen molar-refractivity contribution in [1.29, 1.82) is 0 Å². The van der Waals surface area contributed by atoms with Gasteiger partial charge in [-0.15, -0.1) is 0 Å². The molecule has 0 N–H and O–H groups in total. The Morgan fingerprint density at radius 3 is 2.72 bits per heavy atom. The van der Waals surface area contributed by atoms with Crippen molar-refractivity contribution < 1.29 is 12.8 Å². The molecule has 0 aliphatic carbocycles. The zero-order valence-electron chi connectivity index (χ0n) is 8.85. The summed E-state index contributed by atoms with van der Waals surface area (Å²) in [6.07, 6.45) is 2.38. The molecule has 0 atom stereocenters. The van der Waals surface area contributed by atoms with Gasteiger partial charge in [0.15, 0.2) is 0 Å². The summed E-state index contributed by atoms with van der Waals surface area (Å²) in [5, 5.41) is 3.82. The Labute approximate surface area is 116 Å². The van der Waals surface area contributed by atoms with Crippen LogP contribution in [0.1, 0.15) is 5.56 Å². The van der Waals surface area contributed by atoms with Crippen LogP contribution in [0.15, 0.2) is 40.0 Å². The lowest BCUT2D eigenvalue weighted by Crippen LogP contribution is -2.02. The van der Waals surface area contributed by atoms with Crippen molar-refractivity contribution in [3.8, 4) is 0 Å². The molecule has 4 nitrogen and oxygen atoms in total. The highest BCUT2D eigenvalue weighted by atomic mass is 79.9. The SMILES string of the molecule is O=S(=O)(Cl)c1cnn(Cc2ccc(Br)cc2F)c1. The molecule has 2 aromatic rings. The van der Waals surface area contributed by atoms with Crippen molar-refractivity contribution in [1.82, 2.24) is 9.78 Å². The van der Waals surface area contributed by atoms with Crippen molar-refractivity contribution in [3.05, 3.63) is 46.4 Å². The Bertz CT molecular complexity index is 687. The average molecular weight is 354 g/mol. The highest BCUT2D eigenvalue weighted by molar-refractivity contribution is 9.10. The molecule has 0 aliphatic heterocycles. The van der Waals surface area contributed by atoms with E-state index in [4.69, 9.17) is 10.7 Å². The van der Waals surface area contributed by atoms with Gasteiger partial charge in [-0.05, 0) is 12.1 Å². The number of rotatable bonds is 3. The fourth-order valence-electron chi connectivity index (χ4n) is 1.38. The normalized spacial score (nSPS) is 11.7. The molecular weight excluding hydrogens is 347 g/mol. The molecule has 96 valence electrons. The fourth-order valence-corrected chi connectivity index (χ4v) is 2.37. The largest absolute Gasteiger partial charge is 0.267 e. The predicted octanol–water partition coefficient (Wildman–Crippen LogP) is 2.76. The van der Waals surface area contributed by atoms with Crippen molar-refractivity contribution >= 4 is 35.7 Å². The molecule has 0 amide bonds. The third-order valence-electron chi connectivity index (χ3n) is 2.24. The van der Waals surface area contributed by atoms with E-state index in [-0.39, 0.29) is 11.4 Å². The monoisotopic (exact) mass is 352 g/mol. The van der Waals surface area contributed by atoms with Gasteiger partial charge in [0, 0.05) is 26.9 Å². The van der Waals surface area contributed by atoms with Crippen LogP contribution in [0.5, 0.6) is 0 Å². The van der Waals surface area contributed by atoms with E-state index in [2.05, 4.69) is 21.0 Å². The Kier molecular flexibility index (Phi) is 3.74. The van der Waals surface area contributed by atoms with Crippen molar-refractivity contribution in [2.75, 3.05) is 0 Å². The van der Waals surface area contributed by atoms with E-state index >= 15 is 0 Å². The van der Waals surface area contributed by atoms with Gasteiger partial charge in [-0.25, -0.2) is 12.8 Å². The Hall–Kier alpha value is -0.920. The third-order valence-corrected chi connectivity index (χ3v) is 4.04. The van der Waals surface area contributed by atoms with Gasteiger partial charge < -0.3 is 0 Å². The number of benzene rings is 1. The second kappa shape index (κ2) is 4.99. The Morgan fingerprint density at radius 1 is 1.44 bits per heavy atom. The van der Waals surface area contributed by atoms with Gasteiger partial charge in [-0.3, -0.25) is 4.68 Å². The van der Waals surface area contributed by atoms with Gasteiger partial charge in [-0.2, -0.15) is 5.10 Å². The number of halogens is 3. The molecule has 0 saturated carbocycles. The van der Waals surface area contributed by atoms with Gasteiger partial charge >= 0.3 is 0 Å². The first kappa shape index (κ1) is 13.5. The van der Waals surface area contributed by atoms with Gasteiger partial charge in [0.05, 0.1) is 12.7 Å². The number of hydrogen-bond donors (Lipinski definition) is 0. The molecule has 0 bridgehead atoms. The maximum Gasteiger partial charge on any atom is 0.264 e. The highest BCUT2D eigenvalue weighted by Gasteiger charge is 2.13. The first-order chi connectivity index (χ1) is 8.36. The molecule has 0 radical (unpaired) electrons. The molecule has 1 aromatic carbocycles. The van der Waals surface area contributed by atoms with Crippen LogP contribution in [-0.2, 0) is 15.6 Å². The highest BCUT2D eigenvalue weighted by Crippen LogP contribution is 2.17. The number of hydrogen-bond acceptors (Lipinski definition) is 3. The van der Waals surface area contributed by atoms with Crippen LogP contribution in [-0.4, -0.2) is 18.2 Å². The summed E-state index contributed by atoms with van der Waals surface area (Å²) in [7, 11) is 1.36. The zero-order valence-corrected chi connectivity index (χ0v) is 12.0. The summed E-state index contributed by atoms with van der Waals surface area (Å²) in [5.74, 6) is -0.393. The van der Waals surface area contributed by atoms with E-state index < -0.39 is 14.9 Å². The van der Waals surface area contributed by atoms with Crippen LogP contribution in [0.25, 0.3) is 0 Å². The van der Waals surface area contributed by atoms with E-state index in [9.17, 15) is 12.8 Å². The van der Waals surface area contributed by atoms with E-state index in [1.807, 2.05) is 0 Å². The van der Waals surface area contributed by atoms with Crippen LogP contribution < -0.4 is 0 Å². The van der Waals surface area contributed by atoms with E-state index in [1.54, 1.807) is 12.1 Å². The standard InChI is InChI=1S/C10H7BrClFN2O2S/c11-8-2-1-7(10(13)3-8)5-15-6-9(4-14-15)18(12,16)17/h1-4,6H,5H2. The number of aromatic nitrogens is 2.